The molecule has 1 amide bonds. The number of carbonyl (C=O) groups excluding carboxylic acids is 1. The average molecular weight is 485 g/mol. The van der Waals surface area contributed by atoms with Gasteiger partial charge in [-0.15, -0.1) is 0 Å². The van der Waals surface area contributed by atoms with Crippen LogP contribution in [-0.2, 0) is 6.18 Å². The van der Waals surface area contributed by atoms with Crippen molar-refractivity contribution in [3.63, 3.8) is 0 Å². The number of aromatic nitrogens is 4. The fourth-order valence-corrected chi connectivity index (χ4v) is 3.65. The van der Waals surface area contributed by atoms with Crippen molar-refractivity contribution in [3.8, 4) is 17.1 Å². The predicted molar refractivity (Wildman–Crippen MR) is 124 cm³/mol. The number of halogens is 3. The molecule has 12 heteroatoms. The van der Waals surface area contributed by atoms with E-state index in [1.807, 2.05) is 42.3 Å². The van der Waals surface area contributed by atoms with Gasteiger partial charge in [0.05, 0.1) is 18.4 Å². The lowest BCUT2D eigenvalue weighted by molar-refractivity contribution is -0.136. The molecule has 3 N–H and O–H groups in total. The molecule has 0 aliphatic rings. The Hall–Kier alpha value is -4.35. The van der Waals surface area contributed by atoms with Crippen LogP contribution in [0, 0.1) is 0 Å². The first-order valence-corrected chi connectivity index (χ1v) is 10.5. The molecule has 35 heavy (non-hydrogen) atoms. The molecule has 0 bridgehead atoms. The minimum Gasteiger partial charge on any atom is -0.480 e. The van der Waals surface area contributed by atoms with E-state index in [-0.39, 0.29) is 34.0 Å². The number of rotatable bonds is 7. The number of benzene rings is 1. The maximum Gasteiger partial charge on any atom is 0.418 e. The van der Waals surface area contributed by atoms with Crippen LogP contribution in [0.1, 0.15) is 15.9 Å². The van der Waals surface area contributed by atoms with Gasteiger partial charge < -0.3 is 20.7 Å². The van der Waals surface area contributed by atoms with Crippen LogP contribution in [0.5, 0.6) is 5.88 Å². The number of nitrogens with one attached hydrogen (secondary N) is 1. The Labute approximate surface area is 198 Å². The summed E-state index contributed by atoms with van der Waals surface area (Å²) in [6.07, 6.45) is -2.33. The van der Waals surface area contributed by atoms with Crippen molar-refractivity contribution >= 4 is 22.9 Å². The normalized spacial score (nSPS) is 11.5. The van der Waals surface area contributed by atoms with E-state index in [0.29, 0.717) is 13.1 Å². The second kappa shape index (κ2) is 9.49. The van der Waals surface area contributed by atoms with E-state index < -0.39 is 17.6 Å². The highest BCUT2D eigenvalue weighted by molar-refractivity contribution is 5.97. The van der Waals surface area contributed by atoms with E-state index in [1.54, 1.807) is 0 Å². The number of nitrogens with zero attached hydrogens (tertiary/aromatic N) is 5. The molecule has 4 rings (SSSR count). The highest BCUT2D eigenvalue weighted by Gasteiger charge is 2.36. The molecule has 4 aromatic rings. The number of likely N-dealkylation sites (N-methyl/N-ethyl adjacent to an activating group) is 1. The second-order valence-electron chi connectivity index (χ2n) is 7.64. The standard InChI is InChI=1S/C23H22F3N7O2/c1-32(15-6-4-3-5-7-15)9-8-28-21(34)16-10-14(12-29-22(16)35-2)18-11-17(23(24,25)26)19-20(27)30-13-31-33(18)19/h3-7,10-13H,8-9H2,1-2H3,(H,28,34)(H2,27,30,31). The Morgan fingerprint density at radius 1 is 1.20 bits per heavy atom. The molecule has 0 fully saturated rings. The molecular formula is C23H22F3N7O2. The molecule has 0 aliphatic heterocycles. The van der Waals surface area contributed by atoms with Crippen molar-refractivity contribution in [3.05, 3.63) is 66.1 Å². The summed E-state index contributed by atoms with van der Waals surface area (Å²) >= 11 is 0. The molecule has 3 aromatic heterocycles. The second-order valence-corrected chi connectivity index (χ2v) is 7.64. The first-order chi connectivity index (χ1) is 16.7. The fraction of sp³-hybridized carbons (Fsp3) is 0.217. The van der Waals surface area contributed by atoms with Crippen LogP contribution < -0.4 is 20.7 Å². The number of amides is 1. The molecule has 0 saturated heterocycles. The molecule has 0 atom stereocenters. The number of fused-ring (bicyclic) bond motifs is 1. The zero-order valence-electron chi connectivity index (χ0n) is 18.9. The zero-order chi connectivity index (χ0) is 25.2. The Morgan fingerprint density at radius 2 is 1.94 bits per heavy atom. The maximum absolute atomic E-state index is 13.7. The SMILES string of the molecule is COc1ncc(-c2cc(C(F)(F)F)c3c(N)ncnn23)cc1C(=O)NCCN(C)c1ccccc1. The van der Waals surface area contributed by atoms with Gasteiger partial charge >= 0.3 is 6.18 Å². The smallest absolute Gasteiger partial charge is 0.418 e. The van der Waals surface area contributed by atoms with Gasteiger partial charge in [-0.25, -0.2) is 14.5 Å². The van der Waals surface area contributed by atoms with Crippen molar-refractivity contribution in [1.29, 1.82) is 0 Å². The number of hydrogen-bond donors (Lipinski definition) is 2. The molecule has 1 aromatic carbocycles. The van der Waals surface area contributed by atoms with Gasteiger partial charge in [0.2, 0.25) is 5.88 Å². The van der Waals surface area contributed by atoms with E-state index in [9.17, 15) is 18.0 Å². The molecule has 0 radical (unpaired) electrons. The van der Waals surface area contributed by atoms with E-state index in [2.05, 4.69) is 20.4 Å². The maximum atomic E-state index is 13.7. The summed E-state index contributed by atoms with van der Waals surface area (Å²) in [5, 5.41) is 6.72. The van der Waals surface area contributed by atoms with Gasteiger partial charge in [0, 0.05) is 37.6 Å². The highest BCUT2D eigenvalue weighted by Crippen LogP contribution is 2.38. The first kappa shape index (κ1) is 23.8. The lowest BCUT2D eigenvalue weighted by atomic mass is 10.1. The number of para-hydroxylation sites is 1. The first-order valence-electron chi connectivity index (χ1n) is 10.5. The van der Waals surface area contributed by atoms with Crippen LogP contribution in [0.15, 0.2) is 55.0 Å². The lowest BCUT2D eigenvalue weighted by Gasteiger charge is -2.19. The minimum absolute atomic E-state index is 0.0358. The summed E-state index contributed by atoms with van der Waals surface area (Å²) in [4.78, 5) is 22.7. The average Bonchev–Trinajstić information content (AvgIpc) is 3.26. The van der Waals surface area contributed by atoms with Crippen LogP contribution in [0.25, 0.3) is 16.8 Å². The highest BCUT2D eigenvalue weighted by atomic mass is 19.4. The molecule has 182 valence electrons. The fourth-order valence-electron chi connectivity index (χ4n) is 3.65. The number of alkyl halides is 3. The zero-order valence-corrected chi connectivity index (χ0v) is 18.9. The molecule has 0 spiro atoms. The van der Waals surface area contributed by atoms with Gasteiger partial charge in [0.15, 0.2) is 5.82 Å². The van der Waals surface area contributed by atoms with Crippen LogP contribution >= 0.6 is 0 Å². The van der Waals surface area contributed by atoms with Gasteiger partial charge in [-0.05, 0) is 24.3 Å². The quantitative estimate of drug-likeness (QED) is 0.413. The molecule has 9 nitrogen and oxygen atoms in total. The number of nitrogen functional groups attached to an aromatic ring is 1. The van der Waals surface area contributed by atoms with Gasteiger partial charge in [0.25, 0.3) is 5.91 Å². The summed E-state index contributed by atoms with van der Waals surface area (Å²) in [6, 6.07) is 12.0. The van der Waals surface area contributed by atoms with Crippen molar-refractivity contribution in [2.45, 2.75) is 6.18 Å². The van der Waals surface area contributed by atoms with Crippen molar-refractivity contribution < 1.29 is 22.7 Å². The molecule has 0 aliphatic carbocycles. The minimum atomic E-state index is -4.69. The summed E-state index contributed by atoms with van der Waals surface area (Å²) in [5.41, 5.74) is 5.68. The Balaban J connectivity index is 1.63. The topological polar surface area (TPSA) is 111 Å². The van der Waals surface area contributed by atoms with E-state index in [1.165, 1.54) is 19.4 Å². The Bertz CT molecular complexity index is 1360. The number of carbonyl (C=O) groups is 1. The molecule has 3 heterocycles. The number of nitrogens with two attached hydrogens (primary N) is 1. The number of ether oxygens (including phenoxy) is 1. The Morgan fingerprint density at radius 3 is 2.63 bits per heavy atom. The third-order valence-corrected chi connectivity index (χ3v) is 5.40. The van der Waals surface area contributed by atoms with Crippen molar-refractivity contribution in [2.75, 3.05) is 37.9 Å². The Kier molecular flexibility index (Phi) is 6.45. The van der Waals surface area contributed by atoms with Gasteiger partial charge in [0.1, 0.15) is 17.4 Å². The number of methoxy groups -OCH3 is 1. The van der Waals surface area contributed by atoms with Gasteiger partial charge in [-0.1, -0.05) is 18.2 Å². The third-order valence-electron chi connectivity index (χ3n) is 5.40. The van der Waals surface area contributed by atoms with E-state index >= 15 is 0 Å². The van der Waals surface area contributed by atoms with E-state index in [4.69, 9.17) is 10.5 Å². The van der Waals surface area contributed by atoms with E-state index in [0.717, 1.165) is 22.6 Å². The summed E-state index contributed by atoms with van der Waals surface area (Å²) in [5.74, 6) is -0.766. The summed E-state index contributed by atoms with van der Waals surface area (Å²) < 4.78 is 47.2. The van der Waals surface area contributed by atoms with Crippen molar-refractivity contribution in [1.82, 2.24) is 24.9 Å². The van der Waals surface area contributed by atoms with Crippen LogP contribution in [0.2, 0.25) is 0 Å². The summed E-state index contributed by atoms with van der Waals surface area (Å²) in [7, 11) is 3.25. The van der Waals surface area contributed by atoms with Crippen LogP contribution in [-0.4, -0.2) is 52.7 Å². The van der Waals surface area contributed by atoms with Gasteiger partial charge in [-0.2, -0.15) is 18.3 Å². The van der Waals surface area contributed by atoms with Gasteiger partial charge in [-0.3, -0.25) is 4.79 Å². The third kappa shape index (κ3) is 4.81. The monoisotopic (exact) mass is 485 g/mol. The molecule has 0 saturated carbocycles. The summed E-state index contributed by atoms with van der Waals surface area (Å²) in [6.45, 7) is 0.841. The molecular weight excluding hydrogens is 463 g/mol. The number of pyridine rings is 1. The molecule has 0 unspecified atom stereocenters. The lowest BCUT2D eigenvalue weighted by Crippen LogP contribution is -2.33. The van der Waals surface area contributed by atoms with Crippen molar-refractivity contribution in [2.24, 2.45) is 0 Å². The van der Waals surface area contributed by atoms with Crippen LogP contribution in [0.4, 0.5) is 24.7 Å². The predicted octanol–water partition coefficient (Wildman–Crippen LogP) is 3.27. The number of hydrogen-bond acceptors (Lipinski definition) is 7. The largest absolute Gasteiger partial charge is 0.480 e. The number of anilines is 2. The van der Waals surface area contributed by atoms with Crippen LogP contribution in [0.3, 0.4) is 0 Å².